The first kappa shape index (κ1) is 26.0. The van der Waals surface area contributed by atoms with Crippen molar-refractivity contribution in [1.29, 1.82) is 0 Å². The first-order chi connectivity index (χ1) is 16.3. The van der Waals surface area contributed by atoms with Crippen LogP contribution < -0.4 is 19.5 Å². The Morgan fingerprint density at radius 2 is 1.88 bits per heavy atom. The SMILES string of the molecule is COc1ccc(S(=O)(=O)NCCC(=O)NCc2cccc(CN3CCOC(C)C3)c2)cc1OC. The number of nitrogens with zero attached hydrogens (tertiary/aromatic N) is 1. The zero-order valence-corrected chi connectivity index (χ0v) is 20.7. The molecule has 10 heteroatoms. The van der Waals surface area contributed by atoms with E-state index in [4.69, 9.17) is 14.2 Å². The van der Waals surface area contributed by atoms with E-state index < -0.39 is 10.0 Å². The maximum Gasteiger partial charge on any atom is 0.240 e. The molecule has 34 heavy (non-hydrogen) atoms. The number of sulfonamides is 1. The maximum absolute atomic E-state index is 12.5. The number of ether oxygens (including phenoxy) is 3. The van der Waals surface area contributed by atoms with Crippen molar-refractivity contribution in [3.63, 3.8) is 0 Å². The van der Waals surface area contributed by atoms with Gasteiger partial charge in [-0.2, -0.15) is 0 Å². The van der Waals surface area contributed by atoms with Gasteiger partial charge in [0.1, 0.15) is 0 Å². The molecule has 3 rings (SSSR count). The van der Waals surface area contributed by atoms with Crippen molar-refractivity contribution in [2.75, 3.05) is 40.5 Å². The Morgan fingerprint density at radius 1 is 1.12 bits per heavy atom. The van der Waals surface area contributed by atoms with Gasteiger partial charge in [0.25, 0.3) is 0 Å². The van der Waals surface area contributed by atoms with Crippen LogP contribution in [0.2, 0.25) is 0 Å². The quantitative estimate of drug-likeness (QED) is 0.495. The van der Waals surface area contributed by atoms with Crippen molar-refractivity contribution >= 4 is 15.9 Å². The van der Waals surface area contributed by atoms with E-state index in [1.807, 2.05) is 12.1 Å². The van der Waals surface area contributed by atoms with E-state index in [1.54, 1.807) is 0 Å². The summed E-state index contributed by atoms with van der Waals surface area (Å²) in [6.07, 6.45) is 0.262. The molecule has 1 fully saturated rings. The van der Waals surface area contributed by atoms with E-state index in [0.717, 1.165) is 31.8 Å². The zero-order chi connectivity index (χ0) is 24.6. The summed E-state index contributed by atoms with van der Waals surface area (Å²) in [6, 6.07) is 12.4. The van der Waals surface area contributed by atoms with Gasteiger partial charge in [-0.05, 0) is 30.2 Å². The van der Waals surface area contributed by atoms with Crippen molar-refractivity contribution in [2.24, 2.45) is 0 Å². The number of carbonyl (C=O) groups excluding carboxylic acids is 1. The second-order valence-corrected chi connectivity index (χ2v) is 9.94. The first-order valence-electron chi connectivity index (χ1n) is 11.2. The lowest BCUT2D eigenvalue weighted by molar-refractivity contribution is -0.121. The predicted molar refractivity (Wildman–Crippen MR) is 128 cm³/mol. The summed E-state index contributed by atoms with van der Waals surface area (Å²) in [5.74, 6) is 0.514. The molecule has 0 spiro atoms. The highest BCUT2D eigenvalue weighted by molar-refractivity contribution is 7.89. The van der Waals surface area contributed by atoms with Crippen LogP contribution in [0.15, 0.2) is 47.4 Å². The van der Waals surface area contributed by atoms with Gasteiger partial charge >= 0.3 is 0 Å². The van der Waals surface area contributed by atoms with Crippen molar-refractivity contribution in [1.82, 2.24) is 14.9 Å². The molecular formula is C24H33N3O6S. The molecule has 9 nitrogen and oxygen atoms in total. The second-order valence-electron chi connectivity index (χ2n) is 8.18. The minimum absolute atomic E-state index is 0.0161. The van der Waals surface area contributed by atoms with E-state index >= 15 is 0 Å². The largest absolute Gasteiger partial charge is 0.493 e. The first-order valence-corrected chi connectivity index (χ1v) is 12.7. The van der Waals surface area contributed by atoms with Crippen LogP contribution in [0.4, 0.5) is 0 Å². The Balaban J connectivity index is 1.45. The number of methoxy groups -OCH3 is 2. The predicted octanol–water partition coefficient (Wildman–Crippen LogP) is 1.91. The Kier molecular flexibility index (Phi) is 9.28. The molecule has 2 aromatic carbocycles. The molecule has 0 aromatic heterocycles. The number of morpholine rings is 1. The van der Waals surface area contributed by atoms with Crippen molar-refractivity contribution in [3.8, 4) is 11.5 Å². The molecule has 1 aliphatic heterocycles. The molecule has 2 aromatic rings. The molecule has 186 valence electrons. The third-order valence-corrected chi connectivity index (χ3v) is 6.98. The normalized spacial score (nSPS) is 16.7. The van der Waals surface area contributed by atoms with E-state index in [2.05, 4.69) is 34.0 Å². The third-order valence-electron chi connectivity index (χ3n) is 5.52. The summed E-state index contributed by atoms with van der Waals surface area (Å²) >= 11 is 0. The molecule has 1 unspecified atom stereocenters. The second kappa shape index (κ2) is 12.2. The van der Waals surface area contributed by atoms with E-state index in [9.17, 15) is 13.2 Å². The van der Waals surface area contributed by atoms with Crippen LogP contribution in [0.3, 0.4) is 0 Å². The van der Waals surface area contributed by atoms with Crippen LogP contribution in [0.1, 0.15) is 24.5 Å². The van der Waals surface area contributed by atoms with Gasteiger partial charge in [-0.25, -0.2) is 13.1 Å². The molecule has 1 saturated heterocycles. The zero-order valence-electron chi connectivity index (χ0n) is 19.9. The molecule has 1 atom stereocenters. The number of hydrogen-bond donors (Lipinski definition) is 2. The highest BCUT2D eigenvalue weighted by Crippen LogP contribution is 2.29. The number of rotatable bonds is 11. The number of nitrogens with one attached hydrogen (secondary N) is 2. The Bertz CT molecular complexity index is 1080. The van der Waals surface area contributed by atoms with Crippen molar-refractivity contribution in [2.45, 2.75) is 37.4 Å². The van der Waals surface area contributed by atoms with Crippen LogP contribution in [0.25, 0.3) is 0 Å². The molecule has 0 saturated carbocycles. The van der Waals surface area contributed by atoms with Crippen molar-refractivity contribution < 1.29 is 27.4 Å². The van der Waals surface area contributed by atoms with Gasteiger partial charge in [-0.3, -0.25) is 9.69 Å². The summed E-state index contributed by atoms with van der Waals surface area (Å²) in [4.78, 5) is 14.7. The summed E-state index contributed by atoms with van der Waals surface area (Å²) in [7, 11) is -0.872. The topological polar surface area (TPSA) is 106 Å². The average Bonchev–Trinajstić information content (AvgIpc) is 2.82. The minimum atomic E-state index is -3.78. The van der Waals surface area contributed by atoms with Gasteiger partial charge in [0.15, 0.2) is 11.5 Å². The summed E-state index contributed by atoms with van der Waals surface area (Å²) in [6.45, 7) is 5.84. The number of hydrogen-bond acceptors (Lipinski definition) is 7. The Morgan fingerprint density at radius 3 is 2.62 bits per heavy atom. The number of carbonyl (C=O) groups is 1. The molecule has 2 N–H and O–H groups in total. The van der Waals surface area contributed by atoms with Crippen LogP contribution in [-0.4, -0.2) is 65.8 Å². The van der Waals surface area contributed by atoms with Crippen LogP contribution in [-0.2, 0) is 32.6 Å². The number of amides is 1. The molecule has 1 aliphatic rings. The monoisotopic (exact) mass is 491 g/mol. The van der Waals surface area contributed by atoms with Gasteiger partial charge in [0, 0.05) is 45.2 Å². The molecule has 1 heterocycles. The van der Waals surface area contributed by atoms with Gasteiger partial charge in [0.2, 0.25) is 15.9 Å². The molecule has 1 amide bonds. The fourth-order valence-electron chi connectivity index (χ4n) is 3.79. The summed E-state index contributed by atoms with van der Waals surface area (Å²) in [5.41, 5.74) is 2.18. The van der Waals surface area contributed by atoms with Crippen LogP contribution >= 0.6 is 0 Å². The molecular weight excluding hydrogens is 458 g/mol. The molecule has 0 aliphatic carbocycles. The number of benzene rings is 2. The third kappa shape index (κ3) is 7.42. The smallest absolute Gasteiger partial charge is 0.240 e. The Hall–Kier alpha value is -2.66. The fraction of sp³-hybridized carbons (Fsp3) is 0.458. The molecule has 0 bridgehead atoms. The van der Waals surface area contributed by atoms with Gasteiger partial charge in [0.05, 0.1) is 31.8 Å². The standard InChI is InChI=1S/C24H33N3O6S/c1-18-16-27(11-12-33-18)17-20-6-4-5-19(13-20)15-25-24(28)9-10-26-34(29,30)21-7-8-22(31-2)23(14-21)32-3/h4-8,13-14,18,26H,9-12,15-17H2,1-3H3,(H,25,28). The lowest BCUT2D eigenvalue weighted by atomic mass is 10.1. The van der Waals surface area contributed by atoms with Crippen molar-refractivity contribution in [3.05, 3.63) is 53.6 Å². The van der Waals surface area contributed by atoms with Crippen LogP contribution in [0.5, 0.6) is 11.5 Å². The minimum Gasteiger partial charge on any atom is -0.493 e. The van der Waals surface area contributed by atoms with Gasteiger partial charge in [-0.15, -0.1) is 0 Å². The summed E-state index contributed by atoms with van der Waals surface area (Å²) in [5, 5.41) is 2.85. The lowest BCUT2D eigenvalue weighted by Gasteiger charge is -2.31. The lowest BCUT2D eigenvalue weighted by Crippen LogP contribution is -2.40. The van der Waals surface area contributed by atoms with Gasteiger partial charge < -0.3 is 19.5 Å². The highest BCUT2D eigenvalue weighted by Gasteiger charge is 2.18. The fourth-order valence-corrected chi connectivity index (χ4v) is 4.83. The van der Waals surface area contributed by atoms with E-state index in [1.165, 1.54) is 38.0 Å². The maximum atomic E-state index is 12.5. The average molecular weight is 492 g/mol. The molecule has 0 radical (unpaired) electrons. The summed E-state index contributed by atoms with van der Waals surface area (Å²) < 4.78 is 43.4. The Labute approximate surface area is 201 Å². The van der Waals surface area contributed by atoms with Crippen LogP contribution in [0, 0.1) is 0 Å². The van der Waals surface area contributed by atoms with Gasteiger partial charge in [-0.1, -0.05) is 24.3 Å². The van der Waals surface area contributed by atoms with E-state index in [-0.39, 0.29) is 29.9 Å². The van der Waals surface area contributed by atoms with E-state index in [0.29, 0.717) is 18.0 Å². The highest BCUT2D eigenvalue weighted by atomic mass is 32.2.